The first-order valence-corrected chi connectivity index (χ1v) is 8.80. The number of hydrogen-bond acceptors (Lipinski definition) is 4. The Bertz CT molecular complexity index is 1060. The lowest BCUT2D eigenvalue weighted by Gasteiger charge is -2.34. The SMILES string of the molecule is CC1c2nnc(-c3ccccn3)n2CCN1C(=O)c1cccc(C(F)(F)F)c1F. The zero-order valence-electron chi connectivity index (χ0n) is 15.2. The molecule has 4 rings (SSSR count). The molecule has 29 heavy (non-hydrogen) atoms. The minimum atomic E-state index is -4.88. The first-order chi connectivity index (χ1) is 13.8. The van der Waals surface area contributed by atoms with Crippen LogP contribution in [0.5, 0.6) is 0 Å². The lowest BCUT2D eigenvalue weighted by molar-refractivity contribution is -0.140. The summed E-state index contributed by atoms with van der Waals surface area (Å²) in [6.07, 6.45) is -3.26. The van der Waals surface area contributed by atoms with Crippen LogP contribution in [0, 0.1) is 5.82 Å². The van der Waals surface area contributed by atoms with E-state index in [9.17, 15) is 22.4 Å². The Hall–Kier alpha value is -3.30. The highest BCUT2D eigenvalue weighted by Gasteiger charge is 2.38. The number of benzene rings is 1. The number of hydrogen-bond donors (Lipinski definition) is 0. The molecule has 1 amide bonds. The average molecular weight is 405 g/mol. The lowest BCUT2D eigenvalue weighted by Crippen LogP contribution is -2.41. The van der Waals surface area contributed by atoms with Crippen LogP contribution in [-0.4, -0.2) is 37.1 Å². The van der Waals surface area contributed by atoms with Gasteiger partial charge in [0, 0.05) is 19.3 Å². The number of amides is 1. The van der Waals surface area contributed by atoms with Gasteiger partial charge in [-0.3, -0.25) is 9.78 Å². The van der Waals surface area contributed by atoms with E-state index in [-0.39, 0.29) is 6.54 Å². The van der Waals surface area contributed by atoms with Crippen molar-refractivity contribution < 1.29 is 22.4 Å². The maximum atomic E-state index is 14.4. The molecule has 1 unspecified atom stereocenters. The number of pyridine rings is 1. The molecule has 10 heteroatoms. The molecule has 0 saturated carbocycles. The largest absolute Gasteiger partial charge is 0.419 e. The van der Waals surface area contributed by atoms with Gasteiger partial charge in [-0.1, -0.05) is 12.1 Å². The van der Waals surface area contributed by atoms with Crippen molar-refractivity contribution >= 4 is 5.91 Å². The zero-order valence-corrected chi connectivity index (χ0v) is 15.2. The molecule has 1 aliphatic heterocycles. The fourth-order valence-corrected chi connectivity index (χ4v) is 3.42. The molecule has 1 aromatic carbocycles. The molecule has 6 nitrogen and oxygen atoms in total. The second-order valence-electron chi connectivity index (χ2n) is 6.59. The molecule has 0 spiro atoms. The molecule has 0 fully saturated rings. The van der Waals surface area contributed by atoms with Crippen LogP contribution in [0.1, 0.15) is 34.7 Å². The van der Waals surface area contributed by atoms with Crippen molar-refractivity contribution in [2.24, 2.45) is 0 Å². The minimum absolute atomic E-state index is 0.167. The fraction of sp³-hybridized carbons (Fsp3) is 0.263. The van der Waals surface area contributed by atoms with E-state index in [1.807, 2.05) is 6.07 Å². The van der Waals surface area contributed by atoms with Gasteiger partial charge in [-0.05, 0) is 31.2 Å². The highest BCUT2D eigenvalue weighted by molar-refractivity contribution is 5.95. The van der Waals surface area contributed by atoms with Gasteiger partial charge in [-0.2, -0.15) is 13.2 Å². The molecule has 3 aromatic rings. The van der Waals surface area contributed by atoms with E-state index in [1.54, 1.807) is 29.8 Å². The molecule has 1 aliphatic rings. The van der Waals surface area contributed by atoms with E-state index in [0.717, 1.165) is 12.1 Å². The number of halogens is 4. The summed E-state index contributed by atoms with van der Waals surface area (Å²) >= 11 is 0. The Morgan fingerprint density at radius 1 is 1.10 bits per heavy atom. The smallest absolute Gasteiger partial charge is 0.327 e. The van der Waals surface area contributed by atoms with Crippen molar-refractivity contribution in [3.63, 3.8) is 0 Å². The van der Waals surface area contributed by atoms with Crippen LogP contribution in [0.4, 0.5) is 17.6 Å². The molecule has 0 saturated heterocycles. The van der Waals surface area contributed by atoms with Crippen molar-refractivity contribution in [3.8, 4) is 11.5 Å². The van der Waals surface area contributed by atoms with Crippen LogP contribution >= 0.6 is 0 Å². The third kappa shape index (κ3) is 3.24. The summed E-state index contributed by atoms with van der Waals surface area (Å²) in [4.78, 5) is 18.4. The van der Waals surface area contributed by atoms with Gasteiger partial charge in [0.05, 0.1) is 17.2 Å². The van der Waals surface area contributed by atoms with Gasteiger partial charge < -0.3 is 9.47 Å². The first-order valence-electron chi connectivity index (χ1n) is 8.80. The van der Waals surface area contributed by atoms with Crippen LogP contribution < -0.4 is 0 Å². The molecule has 3 heterocycles. The van der Waals surface area contributed by atoms with Gasteiger partial charge in [0.2, 0.25) is 0 Å². The zero-order chi connectivity index (χ0) is 20.8. The molecule has 2 aromatic heterocycles. The van der Waals surface area contributed by atoms with Gasteiger partial charge in [0.1, 0.15) is 11.5 Å². The van der Waals surface area contributed by atoms with Gasteiger partial charge in [0.15, 0.2) is 11.6 Å². The summed E-state index contributed by atoms with van der Waals surface area (Å²) in [7, 11) is 0. The second-order valence-corrected chi connectivity index (χ2v) is 6.59. The predicted octanol–water partition coefficient (Wildman–Crippen LogP) is 3.72. The standard InChI is InChI=1S/C19H15F4N5O/c1-11-16-25-26-17(14-7-2-3-8-24-14)28(16)10-9-27(11)18(29)12-5-4-6-13(15(12)20)19(21,22)23/h2-8,11H,9-10H2,1H3. The second kappa shape index (κ2) is 6.94. The molecular weight excluding hydrogens is 390 g/mol. The fourth-order valence-electron chi connectivity index (χ4n) is 3.42. The third-order valence-corrected chi connectivity index (χ3v) is 4.87. The summed E-state index contributed by atoms with van der Waals surface area (Å²) in [6.45, 7) is 2.15. The maximum Gasteiger partial charge on any atom is 0.419 e. The number of alkyl halides is 3. The quantitative estimate of drug-likeness (QED) is 0.610. The first kappa shape index (κ1) is 19.0. The van der Waals surface area contributed by atoms with Crippen LogP contribution in [-0.2, 0) is 12.7 Å². The van der Waals surface area contributed by atoms with E-state index < -0.39 is 35.1 Å². The third-order valence-electron chi connectivity index (χ3n) is 4.87. The number of carbonyl (C=O) groups is 1. The Morgan fingerprint density at radius 3 is 2.59 bits per heavy atom. The van der Waals surface area contributed by atoms with E-state index in [1.165, 1.54) is 4.90 Å². The number of rotatable bonds is 2. The average Bonchev–Trinajstić information content (AvgIpc) is 3.13. The summed E-state index contributed by atoms with van der Waals surface area (Å²) in [5.74, 6) is -1.41. The molecular formula is C19H15F4N5O. The molecule has 0 radical (unpaired) electrons. The normalized spacial score (nSPS) is 16.6. The van der Waals surface area contributed by atoms with Crippen LogP contribution in [0.15, 0.2) is 42.6 Å². The number of nitrogens with zero attached hydrogens (tertiary/aromatic N) is 5. The van der Waals surface area contributed by atoms with E-state index in [2.05, 4.69) is 15.2 Å². The molecule has 150 valence electrons. The summed E-state index contributed by atoms with van der Waals surface area (Å²) in [6, 6.07) is 7.44. The molecule has 1 atom stereocenters. The molecule has 0 N–H and O–H groups in total. The Morgan fingerprint density at radius 2 is 1.90 bits per heavy atom. The lowest BCUT2D eigenvalue weighted by atomic mass is 10.1. The minimum Gasteiger partial charge on any atom is -0.327 e. The van der Waals surface area contributed by atoms with Crippen molar-refractivity contribution in [3.05, 3.63) is 65.4 Å². The van der Waals surface area contributed by atoms with E-state index in [4.69, 9.17) is 0 Å². The summed E-state index contributed by atoms with van der Waals surface area (Å²) < 4.78 is 55.2. The van der Waals surface area contributed by atoms with Crippen molar-refractivity contribution in [2.75, 3.05) is 6.54 Å². The highest BCUT2D eigenvalue weighted by Crippen LogP contribution is 2.34. The monoisotopic (exact) mass is 405 g/mol. The van der Waals surface area contributed by atoms with E-state index in [0.29, 0.717) is 30.0 Å². The summed E-state index contributed by atoms with van der Waals surface area (Å²) in [5.41, 5.74) is -1.47. The topological polar surface area (TPSA) is 63.9 Å². The van der Waals surface area contributed by atoms with Crippen molar-refractivity contribution in [2.45, 2.75) is 25.7 Å². The predicted molar refractivity (Wildman–Crippen MR) is 94.1 cm³/mol. The van der Waals surface area contributed by atoms with Gasteiger partial charge in [-0.25, -0.2) is 4.39 Å². The van der Waals surface area contributed by atoms with E-state index >= 15 is 0 Å². The van der Waals surface area contributed by atoms with Gasteiger partial charge in [0.25, 0.3) is 5.91 Å². The molecule has 0 aliphatic carbocycles. The maximum absolute atomic E-state index is 14.4. The van der Waals surface area contributed by atoms with Gasteiger partial charge in [-0.15, -0.1) is 10.2 Å². The van der Waals surface area contributed by atoms with Gasteiger partial charge >= 0.3 is 6.18 Å². The van der Waals surface area contributed by atoms with Crippen molar-refractivity contribution in [1.82, 2.24) is 24.6 Å². The summed E-state index contributed by atoms with van der Waals surface area (Å²) in [5, 5.41) is 8.26. The highest BCUT2D eigenvalue weighted by atomic mass is 19.4. The Labute approximate surface area is 162 Å². The van der Waals surface area contributed by atoms with Crippen molar-refractivity contribution in [1.29, 1.82) is 0 Å². The number of fused-ring (bicyclic) bond motifs is 1. The van der Waals surface area contributed by atoms with Crippen LogP contribution in [0.3, 0.4) is 0 Å². The number of aromatic nitrogens is 4. The van der Waals surface area contributed by atoms with Crippen LogP contribution in [0.2, 0.25) is 0 Å². The Kier molecular flexibility index (Phi) is 4.56. The Balaban J connectivity index is 1.66. The van der Waals surface area contributed by atoms with Crippen LogP contribution in [0.25, 0.3) is 11.5 Å². The number of carbonyl (C=O) groups excluding carboxylic acids is 1. The molecule has 0 bridgehead atoms.